The summed E-state index contributed by atoms with van der Waals surface area (Å²) in [7, 11) is 0. The molecule has 3 amide bonds. The molecule has 42 heavy (non-hydrogen) atoms. The Morgan fingerprint density at radius 2 is 1.81 bits per heavy atom. The van der Waals surface area contributed by atoms with Gasteiger partial charge in [-0.1, -0.05) is 18.2 Å². The van der Waals surface area contributed by atoms with Crippen LogP contribution in [-0.4, -0.2) is 64.4 Å². The number of hydrogen-bond acceptors (Lipinski definition) is 6. The molecule has 0 unspecified atom stereocenters. The molecule has 0 saturated carbocycles. The predicted molar refractivity (Wildman–Crippen MR) is 149 cm³/mol. The number of carbonyl (C=O) groups excluding carboxylic acids is 3. The van der Waals surface area contributed by atoms with Gasteiger partial charge < -0.3 is 30.0 Å². The van der Waals surface area contributed by atoms with Crippen molar-refractivity contribution in [2.75, 3.05) is 13.1 Å². The van der Waals surface area contributed by atoms with Crippen LogP contribution in [0.5, 0.6) is 11.5 Å². The highest BCUT2D eigenvalue weighted by atomic mass is 19.3. The molecule has 12 heteroatoms. The Morgan fingerprint density at radius 1 is 1.07 bits per heavy atom. The van der Waals surface area contributed by atoms with E-state index < -0.39 is 49.1 Å². The molecule has 1 saturated heterocycles. The number of aromatic nitrogens is 2. The van der Waals surface area contributed by atoms with Crippen LogP contribution in [0.4, 0.5) is 8.78 Å². The van der Waals surface area contributed by atoms with E-state index in [-0.39, 0.29) is 13.0 Å². The van der Waals surface area contributed by atoms with Crippen LogP contribution in [0.1, 0.15) is 35.4 Å². The number of hydrogen-bond donors (Lipinski definition) is 3. The first-order valence-electron chi connectivity index (χ1n) is 13.3. The van der Waals surface area contributed by atoms with Crippen molar-refractivity contribution in [2.24, 2.45) is 0 Å². The molecule has 5 rings (SSSR count). The number of amides is 3. The number of fused-ring (bicyclic) bond motifs is 1. The third-order valence-electron chi connectivity index (χ3n) is 6.94. The van der Waals surface area contributed by atoms with Gasteiger partial charge in [0.2, 0.25) is 11.8 Å². The minimum absolute atomic E-state index is 0.109. The molecule has 0 aliphatic carbocycles. The van der Waals surface area contributed by atoms with E-state index in [0.29, 0.717) is 17.1 Å². The summed E-state index contributed by atoms with van der Waals surface area (Å²) in [6.07, 6.45) is 2.19. The summed E-state index contributed by atoms with van der Waals surface area (Å²) in [5, 5.41) is 6.25. The molecule has 218 valence electrons. The zero-order chi connectivity index (χ0) is 29.6. The van der Waals surface area contributed by atoms with Crippen molar-refractivity contribution >= 4 is 28.6 Å². The number of H-pyrrole nitrogens is 1. The number of alkyl halides is 2. The average Bonchev–Trinajstić information content (AvgIpc) is 3.61. The Hall–Kier alpha value is -4.84. The Balaban J connectivity index is 1.20. The predicted octanol–water partition coefficient (Wildman–Crippen LogP) is 4.17. The Labute approximate surface area is 240 Å². The molecule has 10 nitrogen and oxygen atoms in total. The van der Waals surface area contributed by atoms with Crippen molar-refractivity contribution in [3.05, 3.63) is 90.4 Å². The SMILES string of the molecule is C[C@@H](NC(=O)[C@@H]1C[C@@H](OC(F)F)CN1C(=O)CNC(=O)c1ccc(Oc2ccccc2)cc1)c1cc2cnccc2[nH]1. The topological polar surface area (TPSA) is 126 Å². The molecule has 1 fully saturated rings. The van der Waals surface area contributed by atoms with Gasteiger partial charge in [0.05, 0.1) is 18.7 Å². The van der Waals surface area contributed by atoms with Gasteiger partial charge in [0.15, 0.2) is 0 Å². The van der Waals surface area contributed by atoms with Gasteiger partial charge >= 0.3 is 6.61 Å². The van der Waals surface area contributed by atoms with Gasteiger partial charge in [-0.25, -0.2) is 0 Å². The van der Waals surface area contributed by atoms with Gasteiger partial charge in [0.1, 0.15) is 17.5 Å². The van der Waals surface area contributed by atoms with Crippen LogP contribution in [0.15, 0.2) is 79.1 Å². The summed E-state index contributed by atoms with van der Waals surface area (Å²) in [6.45, 7) is -1.94. The van der Waals surface area contributed by atoms with Gasteiger partial charge in [0.25, 0.3) is 5.91 Å². The summed E-state index contributed by atoms with van der Waals surface area (Å²) in [6, 6.07) is 17.6. The first-order valence-corrected chi connectivity index (χ1v) is 13.3. The normalized spacial score (nSPS) is 17.3. The lowest BCUT2D eigenvalue weighted by molar-refractivity contribution is -0.160. The van der Waals surface area contributed by atoms with E-state index in [1.807, 2.05) is 24.3 Å². The number of nitrogens with zero attached hydrogens (tertiary/aromatic N) is 2. The second-order valence-electron chi connectivity index (χ2n) is 9.86. The minimum Gasteiger partial charge on any atom is -0.457 e. The largest absolute Gasteiger partial charge is 0.457 e. The second-order valence-corrected chi connectivity index (χ2v) is 9.86. The van der Waals surface area contributed by atoms with Crippen molar-refractivity contribution in [3.8, 4) is 11.5 Å². The summed E-state index contributed by atoms with van der Waals surface area (Å²) < 4.78 is 36.3. The smallest absolute Gasteiger partial charge is 0.345 e. The second kappa shape index (κ2) is 12.8. The first-order chi connectivity index (χ1) is 20.3. The fourth-order valence-electron chi connectivity index (χ4n) is 4.84. The van der Waals surface area contributed by atoms with Gasteiger partial charge in [-0.2, -0.15) is 8.78 Å². The number of ether oxygens (including phenoxy) is 2. The molecule has 4 aromatic rings. The van der Waals surface area contributed by atoms with Crippen LogP contribution >= 0.6 is 0 Å². The number of rotatable bonds is 10. The highest BCUT2D eigenvalue weighted by Gasteiger charge is 2.41. The zero-order valence-corrected chi connectivity index (χ0v) is 22.6. The first kappa shape index (κ1) is 28.7. The Kier molecular flexibility index (Phi) is 8.72. The van der Waals surface area contributed by atoms with E-state index in [1.165, 1.54) is 4.90 Å². The number of aromatic amines is 1. The molecular formula is C30H29F2N5O5. The number of pyridine rings is 1. The van der Waals surface area contributed by atoms with Crippen LogP contribution in [0, 0.1) is 0 Å². The zero-order valence-electron chi connectivity index (χ0n) is 22.6. The third-order valence-corrected chi connectivity index (χ3v) is 6.94. The monoisotopic (exact) mass is 577 g/mol. The fourth-order valence-corrected chi connectivity index (χ4v) is 4.84. The Bertz CT molecular complexity index is 1510. The van der Waals surface area contributed by atoms with Gasteiger partial charge in [-0.3, -0.25) is 19.4 Å². The summed E-state index contributed by atoms with van der Waals surface area (Å²) in [4.78, 5) is 47.5. The lowest BCUT2D eigenvalue weighted by Gasteiger charge is -2.25. The number of likely N-dealkylation sites (tertiary alicyclic amines) is 1. The van der Waals surface area contributed by atoms with Crippen LogP contribution in [0.2, 0.25) is 0 Å². The van der Waals surface area contributed by atoms with Crippen molar-refractivity contribution in [1.29, 1.82) is 0 Å². The highest BCUT2D eigenvalue weighted by molar-refractivity contribution is 5.97. The van der Waals surface area contributed by atoms with Crippen LogP contribution in [0.25, 0.3) is 10.9 Å². The van der Waals surface area contributed by atoms with Gasteiger partial charge in [-0.05, 0) is 55.5 Å². The van der Waals surface area contributed by atoms with Crippen LogP contribution in [-0.2, 0) is 14.3 Å². The molecule has 2 aromatic heterocycles. The molecule has 1 aliphatic heterocycles. The molecule has 0 radical (unpaired) electrons. The van der Waals surface area contributed by atoms with E-state index in [1.54, 1.807) is 61.8 Å². The molecule has 0 bridgehead atoms. The molecule has 2 aromatic carbocycles. The van der Waals surface area contributed by atoms with Crippen LogP contribution in [0.3, 0.4) is 0 Å². The van der Waals surface area contributed by atoms with Crippen molar-refractivity contribution in [3.63, 3.8) is 0 Å². The minimum atomic E-state index is -3.05. The summed E-state index contributed by atoms with van der Waals surface area (Å²) >= 11 is 0. The molecular weight excluding hydrogens is 548 g/mol. The quantitative estimate of drug-likeness (QED) is 0.260. The molecule has 3 N–H and O–H groups in total. The van der Waals surface area contributed by atoms with Crippen molar-refractivity contribution < 1.29 is 32.6 Å². The third kappa shape index (κ3) is 6.89. The van der Waals surface area contributed by atoms with E-state index >= 15 is 0 Å². The number of para-hydroxylation sites is 1. The van der Waals surface area contributed by atoms with Crippen LogP contribution < -0.4 is 15.4 Å². The number of benzene rings is 2. The maximum atomic E-state index is 13.2. The number of halogens is 2. The van der Waals surface area contributed by atoms with E-state index in [0.717, 1.165) is 16.6 Å². The lowest BCUT2D eigenvalue weighted by Crippen LogP contribution is -2.49. The fraction of sp³-hybridized carbons (Fsp3) is 0.267. The highest BCUT2D eigenvalue weighted by Crippen LogP contribution is 2.25. The molecule has 1 aliphatic rings. The molecule has 3 atom stereocenters. The molecule has 0 spiro atoms. The summed E-state index contributed by atoms with van der Waals surface area (Å²) in [5.41, 5.74) is 1.86. The van der Waals surface area contributed by atoms with Gasteiger partial charge in [-0.15, -0.1) is 0 Å². The van der Waals surface area contributed by atoms with Crippen molar-refractivity contribution in [1.82, 2.24) is 25.5 Å². The lowest BCUT2D eigenvalue weighted by atomic mass is 10.1. The maximum absolute atomic E-state index is 13.2. The van der Waals surface area contributed by atoms with E-state index in [9.17, 15) is 23.2 Å². The maximum Gasteiger partial charge on any atom is 0.345 e. The Morgan fingerprint density at radius 3 is 2.52 bits per heavy atom. The number of nitrogens with one attached hydrogen (secondary N) is 3. The van der Waals surface area contributed by atoms with E-state index in [4.69, 9.17) is 4.74 Å². The van der Waals surface area contributed by atoms with E-state index in [2.05, 4.69) is 25.3 Å². The van der Waals surface area contributed by atoms with Crippen molar-refractivity contribution in [2.45, 2.75) is 38.1 Å². The molecule has 3 heterocycles. The number of carbonyl (C=O) groups is 3. The average molecular weight is 578 g/mol. The van der Waals surface area contributed by atoms with Gasteiger partial charge in [0, 0.05) is 47.5 Å². The summed E-state index contributed by atoms with van der Waals surface area (Å²) in [5.74, 6) is -0.461. The standard InChI is InChI=1S/C30H29F2N5O5/c1-18(25-13-20-15-33-12-11-24(20)36-25)35-29(40)26-14-23(42-30(31)32)17-37(26)27(38)16-34-28(39)19-7-9-22(10-8-19)41-21-5-3-2-4-6-21/h2-13,15,18,23,26,30,36H,14,16-17H2,1H3,(H,34,39)(H,35,40)/t18-,23-,26+/m1/s1.